The van der Waals surface area contributed by atoms with Crippen molar-refractivity contribution in [2.45, 2.75) is 13.5 Å². The lowest BCUT2D eigenvalue weighted by atomic mass is 10.1. The van der Waals surface area contributed by atoms with Gasteiger partial charge in [0.1, 0.15) is 16.7 Å². The van der Waals surface area contributed by atoms with Gasteiger partial charge in [-0.15, -0.1) is 0 Å². The Labute approximate surface area is 224 Å². The number of carbonyl (C=O) groups excluding carboxylic acids is 1. The number of thiocarbonyl (C=S) groups is 1. The minimum atomic E-state index is -0.0748. The molecule has 5 nitrogen and oxygen atoms in total. The number of halogens is 1. The highest BCUT2D eigenvalue weighted by atomic mass is 35.5. The van der Waals surface area contributed by atoms with Crippen LogP contribution in [0.25, 0.3) is 23.0 Å². The first-order chi connectivity index (χ1) is 17.5. The van der Waals surface area contributed by atoms with Crippen LogP contribution in [0.3, 0.4) is 0 Å². The molecule has 1 fully saturated rings. The minimum Gasteiger partial charge on any atom is -0.489 e. The Morgan fingerprint density at radius 3 is 2.44 bits per heavy atom. The Bertz CT molecular complexity index is 1450. The van der Waals surface area contributed by atoms with Crippen LogP contribution in [-0.2, 0) is 11.4 Å². The maximum atomic E-state index is 12.8. The summed E-state index contributed by atoms with van der Waals surface area (Å²) in [4.78, 5) is 15.0. The van der Waals surface area contributed by atoms with Gasteiger partial charge in [0.15, 0.2) is 0 Å². The van der Waals surface area contributed by atoms with Crippen molar-refractivity contribution in [3.05, 3.63) is 106 Å². The van der Waals surface area contributed by atoms with Crippen molar-refractivity contribution in [3.63, 3.8) is 0 Å². The molecule has 0 aliphatic carbocycles. The lowest BCUT2D eigenvalue weighted by Gasteiger charge is -2.09. The summed E-state index contributed by atoms with van der Waals surface area (Å²) in [6, 6.07) is 25.3. The predicted molar refractivity (Wildman–Crippen MR) is 150 cm³/mol. The molecule has 1 saturated heterocycles. The lowest BCUT2D eigenvalue weighted by molar-refractivity contribution is -0.121. The van der Waals surface area contributed by atoms with E-state index in [1.165, 1.54) is 11.8 Å². The molecule has 0 saturated carbocycles. The van der Waals surface area contributed by atoms with E-state index in [1.807, 2.05) is 103 Å². The monoisotopic (exact) mass is 531 g/mol. The number of ether oxygens (including phenoxy) is 1. The average Bonchev–Trinajstić information content (AvgIpc) is 3.44. The highest BCUT2D eigenvalue weighted by Crippen LogP contribution is 2.35. The van der Waals surface area contributed by atoms with Crippen LogP contribution in [-0.4, -0.2) is 31.5 Å². The van der Waals surface area contributed by atoms with Crippen molar-refractivity contribution in [1.82, 2.24) is 14.7 Å². The number of para-hydroxylation sites is 1. The summed E-state index contributed by atoms with van der Waals surface area (Å²) in [6.45, 7) is 2.85. The first-order valence-corrected chi connectivity index (χ1v) is 13.0. The third kappa shape index (κ3) is 5.09. The SMILES string of the molecule is CCN1C(=O)C(=Cc2cn(-c3ccccc3)nc2-c2ccc(OCc3ccccc3Cl)cc2)SC1=S. The molecule has 0 bridgehead atoms. The van der Waals surface area contributed by atoms with Crippen molar-refractivity contribution in [1.29, 1.82) is 0 Å². The maximum absolute atomic E-state index is 12.8. The normalized spacial score (nSPS) is 14.6. The number of amides is 1. The van der Waals surface area contributed by atoms with Crippen LogP contribution in [0.1, 0.15) is 18.1 Å². The Kier molecular flexibility index (Phi) is 7.23. The standard InChI is InChI=1S/C28H22ClN3O2S2/c1-2-31-27(33)25(36-28(31)35)16-21-17-32(22-9-4-3-5-10-22)30-26(21)19-12-14-23(15-13-19)34-18-20-8-6-7-11-24(20)29/h3-17H,2,18H2,1H3. The zero-order chi connectivity index (χ0) is 25.1. The average molecular weight is 532 g/mol. The highest BCUT2D eigenvalue weighted by Gasteiger charge is 2.31. The summed E-state index contributed by atoms with van der Waals surface area (Å²) in [5.41, 5.74) is 4.36. The molecule has 0 N–H and O–H groups in total. The van der Waals surface area contributed by atoms with Crippen LogP contribution in [0.2, 0.25) is 5.02 Å². The molecule has 1 amide bonds. The first kappa shape index (κ1) is 24.3. The zero-order valence-corrected chi connectivity index (χ0v) is 21.8. The highest BCUT2D eigenvalue weighted by molar-refractivity contribution is 8.26. The molecular weight excluding hydrogens is 510 g/mol. The van der Waals surface area contributed by atoms with Gasteiger partial charge >= 0.3 is 0 Å². The molecular formula is C28H22ClN3O2S2. The molecule has 1 aromatic heterocycles. The molecule has 36 heavy (non-hydrogen) atoms. The third-order valence-corrected chi connectivity index (χ3v) is 7.47. The topological polar surface area (TPSA) is 47.4 Å². The Morgan fingerprint density at radius 2 is 1.75 bits per heavy atom. The van der Waals surface area contributed by atoms with E-state index < -0.39 is 0 Å². The molecule has 0 unspecified atom stereocenters. The maximum Gasteiger partial charge on any atom is 0.266 e. The predicted octanol–water partition coefficient (Wildman–Crippen LogP) is 6.99. The van der Waals surface area contributed by atoms with E-state index in [9.17, 15) is 4.79 Å². The number of benzene rings is 3. The molecule has 2 heterocycles. The molecule has 0 radical (unpaired) electrons. The number of likely N-dealkylation sites (N-methyl/N-ethyl adjacent to an activating group) is 1. The molecule has 1 aliphatic heterocycles. The summed E-state index contributed by atoms with van der Waals surface area (Å²) in [5, 5.41) is 5.54. The van der Waals surface area contributed by atoms with Crippen LogP contribution in [0, 0.1) is 0 Å². The first-order valence-electron chi connectivity index (χ1n) is 11.4. The molecule has 8 heteroatoms. The van der Waals surface area contributed by atoms with Crippen LogP contribution in [0.5, 0.6) is 5.75 Å². The van der Waals surface area contributed by atoms with E-state index in [4.69, 9.17) is 33.7 Å². The number of aromatic nitrogens is 2. The summed E-state index contributed by atoms with van der Waals surface area (Å²) >= 11 is 12.9. The van der Waals surface area contributed by atoms with Crippen molar-refractivity contribution >= 4 is 51.9 Å². The minimum absolute atomic E-state index is 0.0748. The summed E-state index contributed by atoms with van der Waals surface area (Å²) in [6.07, 6.45) is 3.81. The van der Waals surface area contributed by atoms with Gasteiger partial charge in [-0.2, -0.15) is 5.10 Å². The molecule has 1 aliphatic rings. The van der Waals surface area contributed by atoms with Gasteiger partial charge in [0.05, 0.1) is 16.3 Å². The summed E-state index contributed by atoms with van der Waals surface area (Å²) in [7, 11) is 0. The van der Waals surface area contributed by atoms with Crippen molar-refractivity contribution in [2.24, 2.45) is 0 Å². The van der Waals surface area contributed by atoms with Crippen LogP contribution in [0.4, 0.5) is 0 Å². The number of nitrogens with zero attached hydrogens (tertiary/aromatic N) is 3. The van der Waals surface area contributed by atoms with E-state index in [1.54, 1.807) is 4.90 Å². The van der Waals surface area contributed by atoms with Gasteiger partial charge in [-0.3, -0.25) is 9.69 Å². The molecule has 4 aromatic rings. The number of rotatable bonds is 7. The largest absolute Gasteiger partial charge is 0.489 e. The number of thioether (sulfide) groups is 1. The third-order valence-electron chi connectivity index (χ3n) is 5.72. The second kappa shape index (κ2) is 10.7. The van der Waals surface area contributed by atoms with Crippen LogP contribution < -0.4 is 4.74 Å². The Balaban J connectivity index is 1.46. The lowest BCUT2D eigenvalue weighted by Crippen LogP contribution is -2.27. The van der Waals surface area contributed by atoms with Crippen molar-refractivity contribution in [2.75, 3.05) is 6.54 Å². The molecule has 3 aromatic carbocycles. The van der Waals surface area contributed by atoms with Crippen LogP contribution in [0.15, 0.2) is 90.0 Å². The Morgan fingerprint density at radius 1 is 1.03 bits per heavy atom. The van der Waals surface area contributed by atoms with Gasteiger partial charge in [0.25, 0.3) is 5.91 Å². The summed E-state index contributed by atoms with van der Waals surface area (Å²) < 4.78 is 8.33. The fourth-order valence-electron chi connectivity index (χ4n) is 3.83. The number of hydrogen-bond donors (Lipinski definition) is 0. The molecule has 0 spiro atoms. The second-order valence-corrected chi connectivity index (χ2v) is 10.1. The fraction of sp³-hybridized carbons (Fsp3) is 0.107. The van der Waals surface area contributed by atoms with Gasteiger partial charge in [0, 0.05) is 34.5 Å². The van der Waals surface area contributed by atoms with E-state index in [0.717, 1.165) is 33.8 Å². The van der Waals surface area contributed by atoms with E-state index in [-0.39, 0.29) is 5.91 Å². The van der Waals surface area contributed by atoms with Crippen LogP contribution >= 0.6 is 35.6 Å². The smallest absolute Gasteiger partial charge is 0.266 e. The Hall–Kier alpha value is -3.39. The fourth-order valence-corrected chi connectivity index (χ4v) is 5.40. The molecule has 0 atom stereocenters. The van der Waals surface area contributed by atoms with Gasteiger partial charge in [0.2, 0.25) is 0 Å². The van der Waals surface area contributed by atoms with E-state index >= 15 is 0 Å². The second-order valence-electron chi connectivity index (χ2n) is 8.04. The van der Waals surface area contributed by atoms with Gasteiger partial charge in [-0.1, -0.05) is 72.0 Å². The summed E-state index contributed by atoms with van der Waals surface area (Å²) in [5.74, 6) is 0.653. The molecule has 5 rings (SSSR count). The number of carbonyl (C=O) groups is 1. The van der Waals surface area contributed by atoms with Gasteiger partial charge < -0.3 is 4.74 Å². The van der Waals surface area contributed by atoms with Gasteiger partial charge in [-0.25, -0.2) is 4.68 Å². The van der Waals surface area contributed by atoms with Gasteiger partial charge in [-0.05, 0) is 55.5 Å². The molecule has 180 valence electrons. The van der Waals surface area contributed by atoms with Crippen molar-refractivity contribution in [3.8, 4) is 22.7 Å². The van der Waals surface area contributed by atoms with E-state index in [2.05, 4.69) is 0 Å². The quantitative estimate of drug-likeness (QED) is 0.190. The van der Waals surface area contributed by atoms with E-state index in [0.29, 0.717) is 27.4 Å². The zero-order valence-electron chi connectivity index (χ0n) is 19.4. The number of hydrogen-bond acceptors (Lipinski definition) is 5. The van der Waals surface area contributed by atoms with Crippen molar-refractivity contribution < 1.29 is 9.53 Å².